The van der Waals surface area contributed by atoms with E-state index in [0.717, 1.165) is 68.0 Å². The number of anilines is 1. The van der Waals surface area contributed by atoms with Gasteiger partial charge >= 0.3 is 33.3 Å². The molecule has 1 aliphatic rings. The molecule has 1 aromatic rings. The second-order valence-electron chi connectivity index (χ2n) is 18.0. The lowest BCUT2D eigenvalue weighted by Crippen LogP contribution is -2.36. The Hall–Kier alpha value is -3.84. The molecule has 0 saturated carbocycles. The zero-order valence-electron chi connectivity index (χ0n) is 42.5. The van der Waals surface area contributed by atoms with E-state index in [1.807, 2.05) is 12.2 Å². The number of hydrogen-bond donors (Lipinski definition) is 6. The molecular weight excluding hydrogens is 973 g/mol. The Morgan fingerprint density at radius 1 is 0.778 bits per heavy atom. The van der Waals surface area contributed by atoms with Crippen LogP contribution in [-0.4, -0.2) is 96.9 Å². The van der Waals surface area contributed by atoms with Gasteiger partial charge < -0.3 is 45.1 Å². The normalized spacial score (nSPS) is 20.2. The third kappa shape index (κ3) is 31.0. The van der Waals surface area contributed by atoms with Crippen LogP contribution in [0.4, 0.5) is 5.82 Å². The van der Waals surface area contributed by atoms with Crippen molar-refractivity contribution < 1.29 is 71.4 Å². The number of esters is 2. The van der Waals surface area contributed by atoms with Gasteiger partial charge in [0.15, 0.2) is 12.3 Å². The van der Waals surface area contributed by atoms with E-state index in [9.17, 15) is 48.6 Å². The van der Waals surface area contributed by atoms with Crippen LogP contribution in [-0.2, 0) is 46.3 Å². The van der Waals surface area contributed by atoms with Crippen molar-refractivity contribution in [1.29, 1.82) is 0 Å². The molecule has 408 valence electrons. The van der Waals surface area contributed by atoms with Gasteiger partial charge in [-0.1, -0.05) is 164 Å². The fraction of sp³-hybridized carbons (Fsp3) is 0.647. The van der Waals surface area contributed by atoms with Gasteiger partial charge in [-0.2, -0.15) is 9.29 Å². The van der Waals surface area contributed by atoms with Crippen molar-refractivity contribution >= 4 is 33.4 Å². The number of allylic oxidation sites excluding steroid dienone is 10. The standard InChI is InChI=1S/C51H83N3O16P2/c1-4-5-6-7-8-9-10-11-14-17-20-23-27-32-42(55)33-28-25-30-34-46(56)65-38-43(68-47(57)35-29-24-21-18-15-12-13-16-19-22-26-31-41(2)3)39-66-71(61,62)70-72(63,64)67-40-44-48(58)49(59)50(69-44)54-37-36-45(52)53-51(54)60/h5-6,8-9,11,14,20,23,25,27-28,32,36-37,41-44,48-50,55,58-59H,4,7,10,12-13,15-19,21-22,24,26,29-31,33-35,38-40H2,1-3H3,(H,61,62)(H,63,64)(H2,52,53,60)/b6-5-,9-8-,14-11-,23-20-,28-25-,32-27-/t42?,43-,44-,48-,49-,50-/m1/s1. The van der Waals surface area contributed by atoms with E-state index in [1.54, 1.807) is 24.3 Å². The molecule has 1 aliphatic heterocycles. The maximum atomic E-state index is 12.9. The predicted molar refractivity (Wildman–Crippen MR) is 276 cm³/mol. The van der Waals surface area contributed by atoms with Gasteiger partial charge in [-0.15, -0.1) is 0 Å². The first kappa shape index (κ1) is 64.3. The number of phosphoric ester groups is 2. The Labute approximate surface area is 426 Å². The molecule has 1 aromatic heterocycles. The number of aliphatic hydroxyl groups is 3. The number of ether oxygens (including phenoxy) is 3. The molecule has 0 aliphatic carbocycles. The maximum Gasteiger partial charge on any atom is 0.481 e. The van der Waals surface area contributed by atoms with Crippen LogP contribution in [0.2, 0.25) is 0 Å². The number of carbonyl (C=O) groups is 2. The number of unbranched alkanes of at least 4 members (excludes halogenated alkanes) is 10. The molecule has 2 rings (SSSR count). The summed E-state index contributed by atoms with van der Waals surface area (Å²) in [5.41, 5.74) is 4.57. The van der Waals surface area contributed by atoms with Gasteiger partial charge in [-0.05, 0) is 56.9 Å². The highest BCUT2D eigenvalue weighted by Crippen LogP contribution is 2.60. The first-order valence-electron chi connectivity index (χ1n) is 25.4. The SMILES string of the molecule is CC/C=C\C/C=C\C/C=C\C/C=C\C=C/C(O)C/C=C\CCC(=O)OC[C@H](COP(=O)(O)OP(=O)(O)OC[C@H]1O[C@@H](n2ccc(N)nc2=O)[C@H](O)[C@@H]1O)OC(=O)CCCCCCCCCCCCCC(C)C. The average molecular weight is 1060 g/mol. The zero-order valence-corrected chi connectivity index (χ0v) is 44.3. The van der Waals surface area contributed by atoms with Crippen LogP contribution in [0.15, 0.2) is 90.0 Å². The van der Waals surface area contributed by atoms with E-state index in [1.165, 1.54) is 51.0 Å². The summed E-state index contributed by atoms with van der Waals surface area (Å²) in [6.45, 7) is 4.15. The van der Waals surface area contributed by atoms with E-state index in [0.29, 0.717) is 12.8 Å². The molecule has 0 amide bonds. The van der Waals surface area contributed by atoms with Crippen LogP contribution in [0, 0.1) is 5.92 Å². The lowest BCUT2D eigenvalue weighted by Gasteiger charge is -2.21. The van der Waals surface area contributed by atoms with E-state index < -0.39 is 89.8 Å². The molecule has 1 fully saturated rings. The largest absolute Gasteiger partial charge is 0.481 e. The molecule has 1 saturated heterocycles. The summed E-state index contributed by atoms with van der Waals surface area (Å²) >= 11 is 0. The topological polar surface area (TPSA) is 286 Å². The first-order chi connectivity index (χ1) is 34.4. The highest BCUT2D eigenvalue weighted by molar-refractivity contribution is 7.61. The quantitative estimate of drug-likeness (QED) is 0.0117. The number of aromatic nitrogens is 2. The molecule has 21 heteroatoms. The summed E-state index contributed by atoms with van der Waals surface area (Å²) in [5, 5.41) is 31.2. The second kappa shape index (κ2) is 37.8. The maximum absolute atomic E-state index is 12.9. The summed E-state index contributed by atoms with van der Waals surface area (Å²) in [5.74, 6) is -0.741. The van der Waals surface area contributed by atoms with Crippen molar-refractivity contribution in [3.05, 3.63) is 95.7 Å². The van der Waals surface area contributed by atoms with E-state index in [4.69, 9.17) is 29.0 Å². The molecular formula is C51H83N3O16P2. The minimum atomic E-state index is -5.46. The summed E-state index contributed by atoms with van der Waals surface area (Å²) in [7, 11) is -10.9. The fourth-order valence-corrected chi connectivity index (χ4v) is 9.25. The smallest absolute Gasteiger partial charge is 0.462 e. The lowest BCUT2D eigenvalue weighted by molar-refractivity contribution is -0.161. The Kier molecular flexibility index (Phi) is 33.8. The molecule has 0 bridgehead atoms. The monoisotopic (exact) mass is 1060 g/mol. The minimum absolute atomic E-state index is 0.0111. The van der Waals surface area contributed by atoms with E-state index in [2.05, 4.69) is 66.5 Å². The number of nitrogens with zero attached hydrogens (tertiary/aromatic N) is 2. The van der Waals surface area contributed by atoms with Crippen molar-refractivity contribution in [3.8, 4) is 0 Å². The van der Waals surface area contributed by atoms with Crippen LogP contribution in [0.3, 0.4) is 0 Å². The number of nitrogens with two attached hydrogens (primary N) is 1. The molecule has 8 atom stereocenters. The van der Waals surface area contributed by atoms with Crippen molar-refractivity contribution in [2.75, 3.05) is 25.6 Å². The van der Waals surface area contributed by atoms with Gasteiger partial charge in [0.25, 0.3) is 0 Å². The van der Waals surface area contributed by atoms with Gasteiger partial charge in [0.1, 0.15) is 30.7 Å². The second-order valence-corrected chi connectivity index (χ2v) is 21.0. The molecule has 0 radical (unpaired) electrons. The predicted octanol–water partition coefficient (Wildman–Crippen LogP) is 9.33. The number of nitrogen functional groups attached to an aromatic ring is 1. The summed E-state index contributed by atoms with van der Waals surface area (Å²) in [6.07, 6.45) is 33.1. The van der Waals surface area contributed by atoms with Crippen LogP contribution < -0.4 is 11.4 Å². The highest BCUT2D eigenvalue weighted by atomic mass is 31.3. The summed E-state index contributed by atoms with van der Waals surface area (Å²) in [4.78, 5) is 61.9. The Morgan fingerprint density at radius 2 is 1.38 bits per heavy atom. The summed E-state index contributed by atoms with van der Waals surface area (Å²) in [6, 6.07) is 1.24. The van der Waals surface area contributed by atoms with Crippen molar-refractivity contribution in [1.82, 2.24) is 9.55 Å². The minimum Gasteiger partial charge on any atom is -0.462 e. The molecule has 0 aromatic carbocycles. The van der Waals surface area contributed by atoms with Crippen molar-refractivity contribution in [3.63, 3.8) is 0 Å². The molecule has 2 heterocycles. The van der Waals surface area contributed by atoms with Gasteiger partial charge in [0.2, 0.25) is 0 Å². The van der Waals surface area contributed by atoms with E-state index >= 15 is 0 Å². The van der Waals surface area contributed by atoms with Gasteiger partial charge in [0.05, 0.1) is 19.3 Å². The fourth-order valence-electron chi connectivity index (χ4n) is 7.14. The number of carbonyl (C=O) groups excluding carboxylic acids is 2. The van der Waals surface area contributed by atoms with Gasteiger partial charge in [-0.25, -0.2) is 13.9 Å². The Balaban J connectivity index is 1.86. The third-order valence-corrected chi connectivity index (χ3v) is 13.7. The van der Waals surface area contributed by atoms with E-state index in [-0.39, 0.29) is 25.1 Å². The van der Waals surface area contributed by atoms with Crippen LogP contribution in [0.25, 0.3) is 0 Å². The Bertz CT molecular complexity index is 2020. The number of aliphatic hydroxyl groups excluding tert-OH is 3. The molecule has 7 N–H and O–H groups in total. The van der Waals surface area contributed by atoms with Gasteiger partial charge in [-0.3, -0.25) is 23.2 Å². The average Bonchev–Trinajstić information content (AvgIpc) is 3.60. The van der Waals surface area contributed by atoms with Crippen LogP contribution in [0.5, 0.6) is 0 Å². The lowest BCUT2D eigenvalue weighted by atomic mass is 10.0. The number of rotatable bonds is 40. The third-order valence-electron chi connectivity index (χ3n) is 11.1. The number of phosphoric acid groups is 2. The van der Waals surface area contributed by atoms with Crippen molar-refractivity contribution in [2.24, 2.45) is 5.92 Å². The molecule has 3 unspecified atom stereocenters. The zero-order chi connectivity index (χ0) is 53.0. The van der Waals surface area contributed by atoms with Crippen molar-refractivity contribution in [2.45, 2.75) is 186 Å². The molecule has 19 nitrogen and oxygen atoms in total. The number of hydrogen-bond acceptors (Lipinski definition) is 16. The first-order valence-corrected chi connectivity index (χ1v) is 28.4. The van der Waals surface area contributed by atoms with Crippen LogP contribution in [0.1, 0.15) is 155 Å². The molecule has 72 heavy (non-hydrogen) atoms. The molecule has 0 spiro atoms. The Morgan fingerprint density at radius 3 is 2.00 bits per heavy atom. The van der Waals surface area contributed by atoms with Crippen LogP contribution >= 0.6 is 15.6 Å². The van der Waals surface area contributed by atoms with Gasteiger partial charge in [0, 0.05) is 19.0 Å². The highest BCUT2D eigenvalue weighted by Gasteiger charge is 2.46. The summed E-state index contributed by atoms with van der Waals surface area (Å²) < 4.78 is 56.6.